The quantitative estimate of drug-likeness (QED) is 0.190. The summed E-state index contributed by atoms with van der Waals surface area (Å²) in [6, 6.07) is 12.3. The molecule has 4 aromatic rings. The Bertz CT molecular complexity index is 1610. The largest absolute Gasteiger partial charge is 1.00 e. The van der Waals surface area contributed by atoms with Gasteiger partial charge in [0.15, 0.2) is 0 Å². The van der Waals surface area contributed by atoms with E-state index in [9.17, 15) is 24.6 Å². The Hall–Kier alpha value is -3.15. The van der Waals surface area contributed by atoms with E-state index in [0.717, 1.165) is 5.56 Å². The number of amides is 1. The van der Waals surface area contributed by atoms with Crippen LogP contribution in [0.1, 0.15) is 34.8 Å². The monoisotopic (exact) mass is 536 g/mol. The molecule has 38 heavy (non-hydrogen) atoms. The number of hydrogen-bond donors (Lipinski definition) is 1. The van der Waals surface area contributed by atoms with E-state index in [4.69, 9.17) is 0 Å². The number of thiazole rings is 1. The van der Waals surface area contributed by atoms with Crippen LogP contribution in [0.15, 0.2) is 66.8 Å². The number of aliphatic hydroxyl groups excluding tert-OH is 1. The van der Waals surface area contributed by atoms with Gasteiger partial charge in [-0.1, -0.05) is 37.3 Å². The van der Waals surface area contributed by atoms with Crippen molar-refractivity contribution in [1.29, 1.82) is 0 Å². The van der Waals surface area contributed by atoms with Crippen molar-refractivity contribution < 1.29 is 54.2 Å². The molecule has 0 radical (unpaired) electrons. The van der Waals surface area contributed by atoms with Crippen LogP contribution in [-0.2, 0) is 9.59 Å². The fraction of sp³-hybridized carbons (Fsp3) is 0.222. The first-order valence-electron chi connectivity index (χ1n) is 11.8. The molecule has 0 saturated carbocycles. The summed E-state index contributed by atoms with van der Waals surface area (Å²) in [5.41, 5.74) is 1.67. The van der Waals surface area contributed by atoms with Gasteiger partial charge in [-0.3, -0.25) is 19.0 Å². The number of benzene rings is 1. The molecule has 9 nitrogen and oxygen atoms in total. The van der Waals surface area contributed by atoms with Crippen molar-refractivity contribution in [1.82, 2.24) is 19.3 Å². The Morgan fingerprint density at radius 3 is 2.53 bits per heavy atom. The van der Waals surface area contributed by atoms with Crippen molar-refractivity contribution in [2.75, 3.05) is 0 Å². The van der Waals surface area contributed by atoms with Crippen LogP contribution in [0.2, 0.25) is 0 Å². The molecule has 0 spiro atoms. The second-order valence-corrected chi connectivity index (χ2v) is 10.3. The SMILES string of the molecule is C[C@@H](O)[C@H]1C(=O)N2C(C(=O)[O-])=C(c3cn4c(-c5ccccc5)nc(C(=O)c5cccnc5)c4s3)[C@H](C)[C@H]12.[Na+]. The molecule has 1 fully saturated rings. The van der Waals surface area contributed by atoms with Crippen LogP contribution in [0.4, 0.5) is 0 Å². The number of carboxylic acids is 1. The molecule has 6 rings (SSSR count). The van der Waals surface area contributed by atoms with E-state index >= 15 is 0 Å². The molecule has 2 aliphatic rings. The van der Waals surface area contributed by atoms with Crippen LogP contribution in [0, 0.1) is 11.8 Å². The molecule has 1 aromatic carbocycles. The van der Waals surface area contributed by atoms with Crippen LogP contribution in [-0.4, -0.2) is 54.2 Å². The van der Waals surface area contributed by atoms with E-state index in [-0.39, 0.29) is 52.6 Å². The number of carbonyl (C=O) groups excluding carboxylic acids is 3. The zero-order valence-corrected chi connectivity index (χ0v) is 23.7. The summed E-state index contributed by atoms with van der Waals surface area (Å²) >= 11 is 1.24. The molecule has 1 saturated heterocycles. The van der Waals surface area contributed by atoms with Crippen LogP contribution in [0.3, 0.4) is 0 Å². The Labute approximate surface area is 243 Å². The van der Waals surface area contributed by atoms with Crippen molar-refractivity contribution in [2.45, 2.75) is 26.0 Å². The number of pyridine rings is 1. The number of fused-ring (bicyclic) bond motifs is 2. The second kappa shape index (κ2) is 9.87. The molecule has 0 aliphatic carbocycles. The third kappa shape index (κ3) is 3.87. The van der Waals surface area contributed by atoms with Gasteiger partial charge in [0.2, 0.25) is 11.7 Å². The smallest absolute Gasteiger partial charge is 0.543 e. The van der Waals surface area contributed by atoms with Gasteiger partial charge in [0.25, 0.3) is 0 Å². The fourth-order valence-electron chi connectivity index (χ4n) is 5.46. The maximum atomic E-state index is 13.4. The topological polar surface area (TPSA) is 128 Å². The normalized spacial score (nSPS) is 21.2. The van der Waals surface area contributed by atoms with Gasteiger partial charge in [0.05, 0.1) is 34.6 Å². The van der Waals surface area contributed by atoms with E-state index in [1.54, 1.807) is 28.9 Å². The molecule has 5 heterocycles. The van der Waals surface area contributed by atoms with Crippen molar-refractivity contribution in [3.05, 3.63) is 82.9 Å². The maximum Gasteiger partial charge on any atom is 1.00 e. The Kier molecular flexibility index (Phi) is 6.87. The Morgan fingerprint density at radius 1 is 1.16 bits per heavy atom. The number of carboxylic acid groups (broad SMARTS) is 1. The summed E-state index contributed by atoms with van der Waals surface area (Å²) in [4.78, 5) is 49.5. The zero-order valence-electron chi connectivity index (χ0n) is 20.9. The second-order valence-electron chi connectivity index (χ2n) is 9.30. The molecule has 0 bridgehead atoms. The number of hydrogen-bond acceptors (Lipinski definition) is 8. The molecule has 0 unspecified atom stereocenters. The number of aliphatic hydroxyl groups is 1. The number of rotatable bonds is 6. The van der Waals surface area contributed by atoms with Gasteiger partial charge in [-0.15, -0.1) is 11.3 Å². The molecule has 4 atom stereocenters. The number of β-lactam (4-membered cyclic amide) rings is 1. The summed E-state index contributed by atoms with van der Waals surface area (Å²) in [6.07, 6.45) is 3.92. The Morgan fingerprint density at radius 2 is 1.89 bits per heavy atom. The van der Waals surface area contributed by atoms with Gasteiger partial charge in [-0.2, -0.15) is 0 Å². The molecular weight excluding hydrogens is 515 g/mol. The zero-order chi connectivity index (χ0) is 26.0. The van der Waals surface area contributed by atoms with Crippen LogP contribution in [0.5, 0.6) is 0 Å². The van der Waals surface area contributed by atoms with E-state index in [1.807, 2.05) is 37.3 Å². The standard InChI is InChI=1S/C27H22N4O5S.Na/c1-13-18(22(27(35)36)31-21(13)19(14(2)32)25(31)34)17-12-30-24(15-7-4-3-5-8-15)29-20(26(30)37-17)23(33)16-9-6-10-28-11-16;/h3-14,19,21,32H,1-2H3,(H,35,36);/q;+1/p-1/t13-,14+,19+,21+;/m0./s1. The first kappa shape index (κ1) is 26.5. The molecular formula is C27H21N4NaO5S. The molecule has 3 aromatic heterocycles. The third-order valence-corrected chi connectivity index (χ3v) is 8.25. The first-order chi connectivity index (χ1) is 17.8. The third-order valence-electron chi connectivity index (χ3n) is 7.12. The van der Waals surface area contributed by atoms with Gasteiger partial charge in [-0.05, 0) is 19.1 Å². The van der Waals surface area contributed by atoms with Crippen LogP contribution in [0.25, 0.3) is 21.8 Å². The number of nitrogens with zero attached hydrogens (tertiary/aromatic N) is 4. The van der Waals surface area contributed by atoms with E-state index in [2.05, 4.69) is 9.97 Å². The maximum absolute atomic E-state index is 13.4. The molecule has 1 N–H and O–H groups in total. The summed E-state index contributed by atoms with van der Waals surface area (Å²) in [7, 11) is 0. The van der Waals surface area contributed by atoms with Crippen LogP contribution >= 0.6 is 11.3 Å². The molecule has 186 valence electrons. The van der Waals surface area contributed by atoms with Gasteiger partial charge in [0.1, 0.15) is 16.3 Å². The van der Waals surface area contributed by atoms with E-state index in [1.165, 1.54) is 29.4 Å². The van der Waals surface area contributed by atoms with E-state index < -0.39 is 29.9 Å². The van der Waals surface area contributed by atoms with E-state index in [0.29, 0.717) is 26.7 Å². The van der Waals surface area contributed by atoms with Gasteiger partial charge in [0, 0.05) is 41.2 Å². The summed E-state index contributed by atoms with van der Waals surface area (Å²) < 4.78 is 1.79. The fourth-order valence-corrected chi connectivity index (χ4v) is 6.69. The number of aliphatic carboxylic acids is 1. The minimum absolute atomic E-state index is 0. The van der Waals surface area contributed by atoms with Crippen molar-refractivity contribution in [3.63, 3.8) is 0 Å². The molecule has 2 aliphatic heterocycles. The summed E-state index contributed by atoms with van der Waals surface area (Å²) in [6.45, 7) is 3.38. The number of aromatic nitrogens is 3. The summed E-state index contributed by atoms with van der Waals surface area (Å²) in [5, 5.41) is 22.4. The molecule has 1 amide bonds. The summed E-state index contributed by atoms with van der Waals surface area (Å²) in [5.74, 6) is -2.69. The van der Waals surface area contributed by atoms with Crippen molar-refractivity contribution >= 4 is 39.4 Å². The predicted molar refractivity (Wildman–Crippen MR) is 133 cm³/mol. The number of imidazole rings is 1. The predicted octanol–water partition coefficient (Wildman–Crippen LogP) is -0.989. The average molecular weight is 537 g/mol. The van der Waals surface area contributed by atoms with Crippen LogP contribution < -0.4 is 34.7 Å². The van der Waals surface area contributed by atoms with Crippen molar-refractivity contribution in [3.8, 4) is 11.4 Å². The average Bonchev–Trinajstić information content (AvgIpc) is 3.53. The van der Waals surface area contributed by atoms with Gasteiger partial charge in [-0.25, -0.2) is 4.98 Å². The number of ketones is 1. The minimum atomic E-state index is -1.45. The van der Waals surface area contributed by atoms with Crippen molar-refractivity contribution in [2.24, 2.45) is 11.8 Å². The first-order valence-corrected chi connectivity index (χ1v) is 12.6. The van der Waals surface area contributed by atoms with Gasteiger partial charge < -0.3 is 19.9 Å². The van der Waals surface area contributed by atoms with Gasteiger partial charge >= 0.3 is 29.6 Å². The Balaban J connectivity index is 0.00000294. The minimum Gasteiger partial charge on any atom is -0.543 e. The molecule has 11 heteroatoms. The number of carbonyl (C=O) groups is 3.